The molecule has 264 valence electrons. The van der Waals surface area contributed by atoms with Crippen LogP contribution in [0.2, 0.25) is 5.02 Å². The number of tetrazole rings is 1. The lowest BCUT2D eigenvalue weighted by molar-refractivity contribution is -0.351. The van der Waals surface area contributed by atoms with Crippen LogP contribution in [-0.4, -0.2) is 96.5 Å². The molecule has 3 aromatic heterocycles. The lowest BCUT2D eigenvalue weighted by atomic mass is 10.0. The number of carbonyl (C=O) groups is 3. The van der Waals surface area contributed by atoms with Crippen molar-refractivity contribution in [3.8, 4) is 11.9 Å². The Balaban J connectivity index is 1.78. The summed E-state index contributed by atoms with van der Waals surface area (Å²) >= 11 is 6.26. The highest BCUT2D eigenvalue weighted by Gasteiger charge is 2.76. The number of aromatic nitrogens is 7. The number of pyridine rings is 1. The monoisotopic (exact) mass is 731 g/mol. The summed E-state index contributed by atoms with van der Waals surface area (Å²) in [5.74, 6) is -4.38. The number of ether oxygens (including phenoxy) is 1. The number of nitrogens with one attached hydrogen (secondary N) is 1. The summed E-state index contributed by atoms with van der Waals surface area (Å²) in [5, 5.41) is 26.4. The number of hydrogen-bond acceptors (Lipinski definition) is 10. The summed E-state index contributed by atoms with van der Waals surface area (Å²) in [4.78, 5) is 43.6. The number of aryl methyl sites for hydroxylation is 1. The van der Waals surface area contributed by atoms with Crippen LogP contribution in [-0.2, 0) is 17.0 Å². The maximum absolute atomic E-state index is 14.5. The second-order valence-electron chi connectivity index (χ2n) is 10.1. The maximum Gasteiger partial charge on any atom is 0.439 e. The second-order valence-corrected chi connectivity index (χ2v) is 10.6. The van der Waals surface area contributed by atoms with E-state index in [1.165, 1.54) is 45.4 Å². The normalized spacial score (nSPS) is 11.9. The zero-order chi connectivity index (χ0) is 37.3. The molecule has 0 fully saturated rings. The smallest absolute Gasteiger partial charge is 0.439 e. The molecule has 50 heavy (non-hydrogen) atoms. The average molecular weight is 732 g/mol. The van der Waals surface area contributed by atoms with E-state index in [4.69, 9.17) is 11.6 Å². The molecule has 23 heteroatoms. The minimum Gasteiger partial charge on any atom is -0.452 e. The summed E-state index contributed by atoms with van der Waals surface area (Å²) in [6.45, 7) is 0.622. The van der Waals surface area contributed by atoms with Crippen LogP contribution in [0.4, 0.5) is 41.2 Å². The molecular weight excluding hydrogens is 711 g/mol. The van der Waals surface area contributed by atoms with Gasteiger partial charge in [0, 0.05) is 20.3 Å². The van der Waals surface area contributed by atoms with Crippen molar-refractivity contribution in [1.29, 1.82) is 5.26 Å². The summed E-state index contributed by atoms with van der Waals surface area (Å²) < 4.78 is 99.2. The Kier molecular flexibility index (Phi) is 10.0. The predicted molar refractivity (Wildman–Crippen MR) is 154 cm³/mol. The fraction of sp³-hybridized carbons (Fsp3) is 0.296. The number of methoxy groups -OCH3 is 1. The largest absolute Gasteiger partial charge is 0.452 e. The Morgan fingerprint density at radius 1 is 1.04 bits per heavy atom. The van der Waals surface area contributed by atoms with Crippen LogP contribution >= 0.6 is 11.6 Å². The van der Waals surface area contributed by atoms with Gasteiger partial charge < -0.3 is 10.1 Å². The van der Waals surface area contributed by atoms with E-state index in [2.05, 4.69) is 35.5 Å². The molecule has 1 N–H and O–H groups in total. The predicted octanol–water partition coefficient (Wildman–Crippen LogP) is 4.36. The number of anilines is 1. The molecule has 4 rings (SSSR count). The Hall–Kier alpha value is -5.85. The fourth-order valence-corrected chi connectivity index (χ4v) is 4.50. The summed E-state index contributed by atoms with van der Waals surface area (Å²) in [6.07, 6.45) is -12.6. The van der Waals surface area contributed by atoms with E-state index < -0.39 is 54.0 Å². The Morgan fingerprint density at radius 2 is 1.70 bits per heavy atom. The van der Waals surface area contributed by atoms with Gasteiger partial charge in [-0.05, 0) is 48.0 Å². The van der Waals surface area contributed by atoms with E-state index in [0.717, 1.165) is 33.9 Å². The summed E-state index contributed by atoms with van der Waals surface area (Å²) in [5.41, 5.74) is -6.78. The molecule has 0 bridgehead atoms. The Morgan fingerprint density at radius 3 is 2.28 bits per heavy atom. The van der Waals surface area contributed by atoms with Gasteiger partial charge in [-0.25, -0.2) is 28.9 Å². The highest BCUT2D eigenvalue weighted by atomic mass is 35.5. The van der Waals surface area contributed by atoms with Crippen LogP contribution < -0.4 is 5.32 Å². The minimum absolute atomic E-state index is 0.0126. The highest BCUT2D eigenvalue weighted by molar-refractivity contribution is 6.32. The van der Waals surface area contributed by atoms with Gasteiger partial charge in [-0.2, -0.15) is 41.5 Å². The molecule has 15 nitrogen and oxygen atoms in total. The van der Waals surface area contributed by atoms with Gasteiger partial charge >= 0.3 is 24.1 Å². The number of benzene rings is 1. The third-order valence-electron chi connectivity index (χ3n) is 6.89. The van der Waals surface area contributed by atoms with Crippen molar-refractivity contribution in [1.82, 2.24) is 45.0 Å². The van der Waals surface area contributed by atoms with Crippen molar-refractivity contribution < 1.29 is 49.9 Å². The maximum atomic E-state index is 14.5. The van der Waals surface area contributed by atoms with Gasteiger partial charge in [-0.15, -0.1) is 10.2 Å². The summed E-state index contributed by atoms with van der Waals surface area (Å²) in [7, 11) is 3.50. The van der Waals surface area contributed by atoms with E-state index in [9.17, 15) is 50.4 Å². The van der Waals surface area contributed by atoms with Gasteiger partial charge in [0.2, 0.25) is 5.82 Å². The first-order valence-corrected chi connectivity index (χ1v) is 13.9. The zero-order valence-electron chi connectivity index (χ0n) is 25.8. The van der Waals surface area contributed by atoms with Crippen molar-refractivity contribution in [2.45, 2.75) is 31.5 Å². The SMILES string of the molecule is COC(=O)N(C)N(C)C(=O)c1cc(C#N)cc(C)c1NC(=O)c1cc(Cn2nnc(C(F)(C(F)(F)F)C(F)(F)F)n2)nn1-c1ncccc1Cl. The second kappa shape index (κ2) is 13.6. The van der Waals surface area contributed by atoms with E-state index in [0.29, 0.717) is 0 Å². The molecule has 1 aromatic carbocycles. The third kappa shape index (κ3) is 6.84. The third-order valence-corrected chi connectivity index (χ3v) is 7.19. The first kappa shape index (κ1) is 37.0. The van der Waals surface area contributed by atoms with Gasteiger partial charge in [0.05, 0.1) is 40.7 Å². The van der Waals surface area contributed by atoms with Gasteiger partial charge in [-0.1, -0.05) is 11.6 Å². The van der Waals surface area contributed by atoms with Crippen molar-refractivity contribution >= 4 is 35.2 Å². The molecule has 0 saturated heterocycles. The molecule has 0 unspecified atom stereocenters. The van der Waals surface area contributed by atoms with Gasteiger partial charge in [0.1, 0.15) is 12.2 Å². The van der Waals surface area contributed by atoms with E-state index in [-0.39, 0.29) is 43.7 Å². The van der Waals surface area contributed by atoms with Crippen molar-refractivity contribution in [3.63, 3.8) is 0 Å². The highest BCUT2D eigenvalue weighted by Crippen LogP contribution is 2.51. The standard InChI is InChI=1S/C27H21ClF7N11O4/c1-13-8-14(11-36)9-16(22(48)43(2)44(3)24(49)50-4)19(13)38-21(47)18-10-15(40-46(18)20-17(28)6-5-7-37-20)12-45-41-23(39-42-45)25(29,26(30,31)32)27(33,34)35/h5-10H,12H2,1-4H3,(H,38,47). The average Bonchev–Trinajstić information content (AvgIpc) is 3.70. The van der Waals surface area contributed by atoms with Crippen LogP contribution in [0.5, 0.6) is 0 Å². The fourth-order valence-electron chi connectivity index (χ4n) is 4.30. The van der Waals surface area contributed by atoms with Crippen LogP contribution in [0.25, 0.3) is 5.82 Å². The molecule has 0 aliphatic rings. The number of amides is 3. The number of nitrogens with zero attached hydrogens (tertiary/aromatic N) is 10. The van der Waals surface area contributed by atoms with E-state index in [1.54, 1.807) is 0 Å². The van der Waals surface area contributed by atoms with Gasteiger partial charge in [-0.3, -0.25) is 9.59 Å². The van der Waals surface area contributed by atoms with Gasteiger partial charge in [0.15, 0.2) is 5.82 Å². The quantitative estimate of drug-likeness (QED) is 0.212. The molecule has 3 amide bonds. The molecule has 4 aromatic rings. The van der Waals surface area contributed by atoms with Gasteiger partial charge in [0.25, 0.3) is 11.8 Å². The lowest BCUT2D eigenvalue weighted by Crippen LogP contribution is -2.51. The molecule has 0 aliphatic heterocycles. The number of nitriles is 1. The number of hydrazine groups is 1. The molecule has 0 spiro atoms. The van der Waals surface area contributed by atoms with Crippen molar-refractivity contribution in [3.05, 3.63) is 75.5 Å². The molecule has 3 heterocycles. The first-order chi connectivity index (χ1) is 23.2. The van der Waals surface area contributed by atoms with Crippen LogP contribution in [0.15, 0.2) is 36.5 Å². The van der Waals surface area contributed by atoms with Crippen LogP contribution in [0.3, 0.4) is 0 Å². The van der Waals surface area contributed by atoms with Crippen molar-refractivity contribution in [2.24, 2.45) is 0 Å². The van der Waals surface area contributed by atoms with Crippen LogP contribution in [0.1, 0.15) is 43.5 Å². The zero-order valence-corrected chi connectivity index (χ0v) is 26.6. The Bertz CT molecular complexity index is 1990. The number of carbonyl (C=O) groups excluding carboxylic acids is 3. The number of rotatable bonds is 7. The molecule has 0 radical (unpaired) electrons. The molecule has 0 aliphatic carbocycles. The number of halogens is 8. The molecule has 0 saturated carbocycles. The van der Waals surface area contributed by atoms with E-state index >= 15 is 0 Å². The van der Waals surface area contributed by atoms with Crippen LogP contribution in [0, 0.1) is 18.3 Å². The Labute approximate surface area is 280 Å². The minimum atomic E-state index is -6.49. The number of hydrogen-bond donors (Lipinski definition) is 1. The van der Waals surface area contributed by atoms with Crippen molar-refractivity contribution in [2.75, 3.05) is 26.5 Å². The molecular formula is C27H21ClF7N11O4. The first-order valence-electron chi connectivity index (χ1n) is 13.5. The summed E-state index contributed by atoms with van der Waals surface area (Å²) in [6, 6.07) is 8.17. The van der Waals surface area contributed by atoms with E-state index in [1.807, 2.05) is 6.07 Å². The molecule has 0 atom stereocenters. The number of alkyl halides is 7. The lowest BCUT2D eigenvalue weighted by Gasteiger charge is -2.28. The topological polar surface area (TPSA) is 177 Å².